The summed E-state index contributed by atoms with van der Waals surface area (Å²) in [6, 6.07) is 12.4. The van der Waals surface area contributed by atoms with E-state index in [1.807, 2.05) is 25.4 Å². The molecule has 0 radical (unpaired) electrons. The van der Waals surface area contributed by atoms with E-state index < -0.39 is 0 Å². The number of carbonyl (C=O) groups is 1. The Morgan fingerprint density at radius 1 is 1.15 bits per heavy atom. The van der Waals surface area contributed by atoms with Crippen LogP contribution in [0.25, 0.3) is 10.9 Å². The molecule has 2 heterocycles. The second kappa shape index (κ2) is 7.03. The first-order valence-corrected chi connectivity index (χ1v) is 9.39. The van der Waals surface area contributed by atoms with Crippen LogP contribution in [0.2, 0.25) is 0 Å². The van der Waals surface area contributed by atoms with Gasteiger partial charge in [-0.25, -0.2) is 0 Å². The summed E-state index contributed by atoms with van der Waals surface area (Å²) in [5, 5.41) is 1.13. The van der Waals surface area contributed by atoms with E-state index >= 15 is 0 Å². The van der Waals surface area contributed by atoms with Gasteiger partial charge in [0.15, 0.2) is 0 Å². The zero-order valence-corrected chi connectivity index (χ0v) is 16.1. The van der Waals surface area contributed by atoms with Crippen molar-refractivity contribution in [2.45, 2.75) is 26.7 Å². The zero-order chi connectivity index (χ0) is 19.0. The largest absolute Gasteiger partial charge is 0.492 e. The van der Waals surface area contributed by atoms with Gasteiger partial charge in [0.25, 0.3) is 5.91 Å². The molecule has 0 spiro atoms. The van der Waals surface area contributed by atoms with Gasteiger partial charge < -0.3 is 9.64 Å². The van der Waals surface area contributed by atoms with Gasteiger partial charge >= 0.3 is 0 Å². The molecule has 27 heavy (non-hydrogen) atoms. The Morgan fingerprint density at radius 3 is 2.85 bits per heavy atom. The van der Waals surface area contributed by atoms with Crippen LogP contribution >= 0.6 is 0 Å². The maximum Gasteiger partial charge on any atom is 0.257 e. The number of pyridine rings is 1. The number of ether oxygens (including phenoxy) is 1. The van der Waals surface area contributed by atoms with E-state index in [0.717, 1.165) is 41.6 Å². The lowest BCUT2D eigenvalue weighted by Crippen LogP contribution is -2.31. The fraction of sp³-hybridized carbons (Fsp3) is 0.304. The van der Waals surface area contributed by atoms with E-state index in [4.69, 9.17) is 4.74 Å². The Kier molecular flexibility index (Phi) is 4.56. The minimum atomic E-state index is 0.0387. The lowest BCUT2D eigenvalue weighted by atomic mass is 9.92. The molecule has 138 valence electrons. The lowest BCUT2D eigenvalue weighted by Gasteiger charge is -2.25. The first kappa shape index (κ1) is 17.5. The highest BCUT2D eigenvalue weighted by Gasteiger charge is 2.23. The third-order valence-corrected chi connectivity index (χ3v) is 5.47. The van der Waals surface area contributed by atoms with Crippen molar-refractivity contribution in [1.82, 2.24) is 9.88 Å². The van der Waals surface area contributed by atoms with Gasteiger partial charge in [-0.1, -0.05) is 12.1 Å². The van der Waals surface area contributed by atoms with Crippen molar-refractivity contribution in [2.75, 3.05) is 20.2 Å². The van der Waals surface area contributed by atoms with Crippen LogP contribution in [0, 0.1) is 13.8 Å². The fourth-order valence-corrected chi connectivity index (χ4v) is 3.73. The van der Waals surface area contributed by atoms with Gasteiger partial charge in [0, 0.05) is 25.2 Å². The molecule has 2 aromatic carbocycles. The molecule has 0 bridgehead atoms. The van der Waals surface area contributed by atoms with Crippen LogP contribution in [0.3, 0.4) is 0 Å². The molecule has 0 N–H and O–H groups in total. The number of hydrogen-bond donors (Lipinski definition) is 0. The average molecular weight is 360 g/mol. The third kappa shape index (κ3) is 3.27. The number of carbonyl (C=O) groups excluding carboxylic acids is 1. The Labute approximate surface area is 159 Å². The molecule has 4 heteroatoms. The van der Waals surface area contributed by atoms with Crippen LogP contribution in [0.5, 0.6) is 5.75 Å². The summed E-state index contributed by atoms with van der Waals surface area (Å²) in [5.41, 5.74) is 6.31. The topological polar surface area (TPSA) is 42.4 Å². The molecule has 3 aromatic rings. The highest BCUT2D eigenvalue weighted by Crippen LogP contribution is 2.32. The Balaban J connectivity index is 1.77. The molecule has 0 saturated heterocycles. The summed E-state index contributed by atoms with van der Waals surface area (Å²) in [6.07, 6.45) is 3.45. The molecule has 4 nitrogen and oxygen atoms in total. The van der Waals surface area contributed by atoms with Crippen LogP contribution < -0.4 is 4.74 Å². The molecular formula is C23H24N2O2. The van der Waals surface area contributed by atoms with Gasteiger partial charge in [-0.3, -0.25) is 9.78 Å². The number of rotatable bonds is 2. The Hall–Kier alpha value is -2.88. The van der Waals surface area contributed by atoms with Crippen molar-refractivity contribution in [3.05, 3.63) is 70.4 Å². The van der Waals surface area contributed by atoms with E-state index in [-0.39, 0.29) is 5.91 Å². The van der Waals surface area contributed by atoms with E-state index in [2.05, 4.69) is 43.1 Å². The molecule has 1 aromatic heterocycles. The van der Waals surface area contributed by atoms with Crippen molar-refractivity contribution in [2.24, 2.45) is 0 Å². The summed E-state index contributed by atoms with van der Waals surface area (Å²) in [7, 11) is 1.86. The first-order chi connectivity index (χ1) is 13.0. The third-order valence-electron chi connectivity index (χ3n) is 5.47. The molecule has 0 unspecified atom stereocenters. The standard InChI is InChI=1S/C23H24N2O2/c1-15-16(2)22-20(23(26)25(3)10-5-11-27-22)14-19(15)13-17-7-8-21-18(12-17)6-4-9-24-21/h4,6-9,12,14H,5,10-11,13H2,1-3H3. The normalized spacial score (nSPS) is 14.5. The van der Waals surface area contributed by atoms with Gasteiger partial charge in [-0.2, -0.15) is 0 Å². The monoisotopic (exact) mass is 360 g/mol. The lowest BCUT2D eigenvalue weighted by molar-refractivity contribution is 0.0768. The van der Waals surface area contributed by atoms with E-state index in [0.29, 0.717) is 12.2 Å². The Morgan fingerprint density at radius 2 is 2.00 bits per heavy atom. The number of nitrogens with zero attached hydrogens (tertiary/aromatic N) is 2. The van der Waals surface area contributed by atoms with Crippen molar-refractivity contribution < 1.29 is 9.53 Å². The molecule has 0 saturated carbocycles. The molecule has 4 rings (SSSR count). The predicted octanol–water partition coefficient (Wildman–Crippen LogP) is 4.30. The predicted molar refractivity (Wildman–Crippen MR) is 108 cm³/mol. The van der Waals surface area contributed by atoms with Gasteiger partial charge in [0.05, 0.1) is 17.7 Å². The van der Waals surface area contributed by atoms with Crippen molar-refractivity contribution in [3.8, 4) is 5.75 Å². The van der Waals surface area contributed by atoms with Crippen LogP contribution in [-0.2, 0) is 6.42 Å². The second-order valence-corrected chi connectivity index (χ2v) is 7.30. The van der Waals surface area contributed by atoms with Gasteiger partial charge in [-0.15, -0.1) is 0 Å². The minimum absolute atomic E-state index is 0.0387. The van der Waals surface area contributed by atoms with Crippen LogP contribution in [0.4, 0.5) is 0 Å². The fourth-order valence-electron chi connectivity index (χ4n) is 3.73. The molecule has 1 aliphatic heterocycles. The highest BCUT2D eigenvalue weighted by molar-refractivity contribution is 5.98. The number of benzene rings is 2. The quantitative estimate of drug-likeness (QED) is 0.684. The molecule has 0 fully saturated rings. The SMILES string of the molecule is Cc1c(Cc2ccc3ncccc3c2)cc2c(c1C)OCCCN(C)C2=O. The van der Waals surface area contributed by atoms with Crippen molar-refractivity contribution in [1.29, 1.82) is 0 Å². The molecule has 1 amide bonds. The van der Waals surface area contributed by atoms with Gasteiger partial charge in [-0.05, 0) is 73.2 Å². The van der Waals surface area contributed by atoms with Crippen LogP contribution in [0.15, 0.2) is 42.6 Å². The summed E-state index contributed by atoms with van der Waals surface area (Å²) in [4.78, 5) is 19.1. The van der Waals surface area contributed by atoms with Gasteiger partial charge in [0.2, 0.25) is 0 Å². The van der Waals surface area contributed by atoms with Crippen LogP contribution in [0.1, 0.15) is 39.0 Å². The summed E-state index contributed by atoms with van der Waals surface area (Å²) >= 11 is 0. The summed E-state index contributed by atoms with van der Waals surface area (Å²) < 4.78 is 5.97. The second-order valence-electron chi connectivity index (χ2n) is 7.30. The van der Waals surface area contributed by atoms with E-state index in [1.54, 1.807) is 4.90 Å². The van der Waals surface area contributed by atoms with Gasteiger partial charge in [0.1, 0.15) is 5.75 Å². The first-order valence-electron chi connectivity index (χ1n) is 9.39. The van der Waals surface area contributed by atoms with E-state index in [9.17, 15) is 4.79 Å². The molecular weight excluding hydrogens is 336 g/mol. The molecule has 0 atom stereocenters. The number of fused-ring (bicyclic) bond motifs is 2. The van der Waals surface area contributed by atoms with Crippen molar-refractivity contribution in [3.63, 3.8) is 0 Å². The Bertz CT molecular complexity index is 1030. The highest BCUT2D eigenvalue weighted by atomic mass is 16.5. The minimum Gasteiger partial charge on any atom is -0.492 e. The number of hydrogen-bond acceptors (Lipinski definition) is 3. The summed E-state index contributed by atoms with van der Waals surface area (Å²) in [6.45, 7) is 5.53. The average Bonchev–Trinajstić information content (AvgIpc) is 2.68. The smallest absolute Gasteiger partial charge is 0.257 e. The number of amides is 1. The molecule has 1 aliphatic rings. The maximum absolute atomic E-state index is 12.9. The zero-order valence-electron chi connectivity index (χ0n) is 16.1. The van der Waals surface area contributed by atoms with E-state index in [1.165, 1.54) is 16.7 Å². The van der Waals surface area contributed by atoms with Crippen LogP contribution in [-0.4, -0.2) is 36.0 Å². The van der Waals surface area contributed by atoms with Crippen molar-refractivity contribution >= 4 is 16.8 Å². The molecule has 0 aliphatic carbocycles. The maximum atomic E-state index is 12.9. The number of aromatic nitrogens is 1. The summed E-state index contributed by atoms with van der Waals surface area (Å²) in [5.74, 6) is 0.785.